The number of halogens is 1. The lowest BCUT2D eigenvalue weighted by atomic mass is 10.2. The highest BCUT2D eigenvalue weighted by Crippen LogP contribution is 2.28. The Bertz CT molecular complexity index is 1560. The summed E-state index contributed by atoms with van der Waals surface area (Å²) in [6.07, 6.45) is 2.83. The van der Waals surface area contributed by atoms with Crippen molar-refractivity contribution in [3.8, 4) is 28.8 Å². The molecule has 2 heterocycles. The molecule has 0 radical (unpaired) electrons. The van der Waals surface area contributed by atoms with Gasteiger partial charge in [0.25, 0.3) is 0 Å². The third-order valence-corrected chi connectivity index (χ3v) is 6.73. The largest absolute Gasteiger partial charge is 0.391 e. The van der Waals surface area contributed by atoms with Crippen molar-refractivity contribution in [3.05, 3.63) is 88.1 Å². The van der Waals surface area contributed by atoms with Crippen molar-refractivity contribution in [3.63, 3.8) is 0 Å². The molecule has 1 aliphatic rings. The van der Waals surface area contributed by atoms with Gasteiger partial charge in [-0.25, -0.2) is 23.2 Å². The van der Waals surface area contributed by atoms with Gasteiger partial charge in [-0.05, 0) is 74.2 Å². The van der Waals surface area contributed by atoms with E-state index in [-0.39, 0.29) is 0 Å². The van der Waals surface area contributed by atoms with E-state index in [1.165, 1.54) is 4.57 Å². The molecule has 2 N–H and O–H groups in total. The minimum atomic E-state index is -0.694. The minimum Gasteiger partial charge on any atom is -0.391 e. The topological polar surface area (TPSA) is 118 Å². The maximum absolute atomic E-state index is 13.8. The summed E-state index contributed by atoms with van der Waals surface area (Å²) in [6.45, 7) is 1.02. The minimum absolute atomic E-state index is 0.308. The fraction of sp³-hybridized carbons (Fsp3) is 0.259. The summed E-state index contributed by atoms with van der Waals surface area (Å²) in [7, 11) is 0. The molecule has 2 aromatic heterocycles. The number of hydrogen-bond acceptors (Lipinski definition) is 5. The van der Waals surface area contributed by atoms with Crippen molar-refractivity contribution >= 4 is 6.03 Å². The maximum atomic E-state index is 13.8. The standard InChI is InChI=1S/C27H25FN6O3/c1-17-25(23-12-13-30-34(23)20-10-8-18(16-29)9-11-20)33(26(36)31-22-6-3-7-24(22)35)27(37)32(17)21-5-2-4-19(14-21)15-28/h2,4-5,8-14,22,24,35H,3,6-7,15H2,1H3,(H,31,36)/t22-,24-/m1/s1. The number of aliphatic hydroxyl groups is 1. The van der Waals surface area contributed by atoms with Crippen LogP contribution < -0.4 is 11.0 Å². The van der Waals surface area contributed by atoms with Gasteiger partial charge in [0, 0.05) is 0 Å². The van der Waals surface area contributed by atoms with E-state index in [0.717, 1.165) is 11.0 Å². The second-order valence-electron chi connectivity index (χ2n) is 9.03. The van der Waals surface area contributed by atoms with Gasteiger partial charge in [0.15, 0.2) is 0 Å². The molecule has 0 spiro atoms. The Hall–Kier alpha value is -4.49. The molecule has 1 saturated carbocycles. The summed E-state index contributed by atoms with van der Waals surface area (Å²) >= 11 is 0. The highest BCUT2D eigenvalue weighted by Gasteiger charge is 2.31. The Balaban J connectivity index is 1.70. The summed E-state index contributed by atoms with van der Waals surface area (Å²) in [5.74, 6) is 0. The number of imidazole rings is 1. The quantitative estimate of drug-likeness (QED) is 0.434. The highest BCUT2D eigenvalue weighted by molar-refractivity contribution is 5.83. The Morgan fingerprint density at radius 2 is 1.97 bits per heavy atom. The van der Waals surface area contributed by atoms with Crippen LogP contribution in [0.2, 0.25) is 0 Å². The van der Waals surface area contributed by atoms with Crippen LogP contribution in [0.15, 0.2) is 65.6 Å². The number of hydrogen-bond donors (Lipinski definition) is 2. The molecule has 5 rings (SSSR count). The second-order valence-corrected chi connectivity index (χ2v) is 9.03. The van der Waals surface area contributed by atoms with Gasteiger partial charge in [0.1, 0.15) is 12.4 Å². The average molecular weight is 501 g/mol. The zero-order chi connectivity index (χ0) is 26.1. The number of carbonyl (C=O) groups is 1. The van der Waals surface area contributed by atoms with Crippen molar-refractivity contribution < 1.29 is 14.3 Å². The molecular formula is C27H25FN6O3. The summed E-state index contributed by atoms with van der Waals surface area (Å²) in [5.41, 5.74) is 2.56. The van der Waals surface area contributed by atoms with Gasteiger partial charge in [-0.3, -0.25) is 4.57 Å². The summed E-state index contributed by atoms with van der Waals surface area (Å²) in [4.78, 5) is 27.3. The number of nitrogens with one attached hydrogen (secondary N) is 1. The molecule has 9 nitrogen and oxygen atoms in total. The lowest BCUT2D eigenvalue weighted by Gasteiger charge is -2.17. The Morgan fingerprint density at radius 1 is 1.19 bits per heavy atom. The van der Waals surface area contributed by atoms with E-state index in [4.69, 9.17) is 5.26 Å². The number of nitriles is 1. The Morgan fingerprint density at radius 3 is 2.65 bits per heavy atom. The highest BCUT2D eigenvalue weighted by atomic mass is 19.1. The number of rotatable bonds is 5. The molecule has 1 fully saturated rings. The predicted molar refractivity (Wildman–Crippen MR) is 134 cm³/mol. The van der Waals surface area contributed by atoms with Crippen LogP contribution in [0, 0.1) is 18.3 Å². The molecule has 1 aliphatic carbocycles. The van der Waals surface area contributed by atoms with Gasteiger partial charge in [0.05, 0.1) is 52.7 Å². The molecule has 0 aliphatic heterocycles. The fourth-order valence-electron chi connectivity index (χ4n) is 4.88. The molecule has 10 heteroatoms. The van der Waals surface area contributed by atoms with E-state index in [0.29, 0.717) is 52.4 Å². The number of amides is 1. The number of benzene rings is 2. The van der Waals surface area contributed by atoms with E-state index < -0.39 is 30.5 Å². The molecule has 188 valence electrons. The Kier molecular flexibility index (Phi) is 6.46. The van der Waals surface area contributed by atoms with E-state index in [1.807, 2.05) is 0 Å². The first kappa shape index (κ1) is 24.2. The summed E-state index contributed by atoms with van der Waals surface area (Å²) in [6, 6.07) is 15.9. The van der Waals surface area contributed by atoms with Crippen molar-refractivity contribution in [1.29, 1.82) is 5.26 Å². The second kappa shape index (κ2) is 9.87. The fourth-order valence-corrected chi connectivity index (χ4v) is 4.88. The number of nitrogens with zero attached hydrogens (tertiary/aromatic N) is 5. The van der Waals surface area contributed by atoms with Crippen LogP contribution in [0.3, 0.4) is 0 Å². The van der Waals surface area contributed by atoms with Crippen LogP contribution in [0.25, 0.3) is 22.8 Å². The van der Waals surface area contributed by atoms with Crippen molar-refractivity contribution in [1.82, 2.24) is 24.2 Å². The van der Waals surface area contributed by atoms with Gasteiger partial charge in [-0.2, -0.15) is 10.4 Å². The van der Waals surface area contributed by atoms with E-state index in [1.54, 1.807) is 72.4 Å². The molecule has 0 unspecified atom stereocenters. The summed E-state index contributed by atoms with van der Waals surface area (Å²) in [5, 5.41) is 26.6. The van der Waals surface area contributed by atoms with Gasteiger partial charge < -0.3 is 10.4 Å². The van der Waals surface area contributed by atoms with Crippen molar-refractivity contribution in [2.45, 2.75) is 45.0 Å². The zero-order valence-electron chi connectivity index (χ0n) is 20.1. The van der Waals surface area contributed by atoms with Crippen LogP contribution in [0.1, 0.15) is 36.1 Å². The summed E-state index contributed by atoms with van der Waals surface area (Å²) < 4.78 is 17.4. The molecule has 2 aromatic carbocycles. The maximum Gasteiger partial charge on any atom is 0.341 e. The van der Waals surface area contributed by atoms with Gasteiger partial charge in [-0.15, -0.1) is 0 Å². The van der Waals surface area contributed by atoms with Gasteiger partial charge >= 0.3 is 11.7 Å². The van der Waals surface area contributed by atoms with E-state index >= 15 is 0 Å². The lowest BCUT2D eigenvalue weighted by molar-refractivity contribution is 0.150. The Labute approximate surface area is 212 Å². The van der Waals surface area contributed by atoms with E-state index in [9.17, 15) is 19.1 Å². The van der Waals surface area contributed by atoms with Crippen LogP contribution in [0.5, 0.6) is 0 Å². The van der Waals surface area contributed by atoms with Crippen LogP contribution in [0.4, 0.5) is 9.18 Å². The van der Waals surface area contributed by atoms with Gasteiger partial charge in [0.2, 0.25) is 0 Å². The number of aliphatic hydroxyl groups excluding tert-OH is 1. The third kappa shape index (κ3) is 4.34. The predicted octanol–water partition coefficient (Wildman–Crippen LogP) is 3.61. The number of alkyl halides is 1. The van der Waals surface area contributed by atoms with Crippen LogP contribution in [-0.2, 0) is 6.67 Å². The zero-order valence-corrected chi connectivity index (χ0v) is 20.1. The molecule has 1 amide bonds. The first-order valence-corrected chi connectivity index (χ1v) is 12.0. The molecule has 0 bridgehead atoms. The first-order chi connectivity index (χ1) is 17.9. The van der Waals surface area contributed by atoms with Crippen molar-refractivity contribution in [2.75, 3.05) is 0 Å². The molecule has 4 aromatic rings. The third-order valence-electron chi connectivity index (χ3n) is 6.73. The SMILES string of the molecule is Cc1c(-c2ccnn2-c2ccc(C#N)cc2)n(C(=O)N[C@@H]2CCC[C@H]2O)c(=O)n1-c1cccc(CF)c1. The number of aromatic nitrogens is 4. The molecule has 2 atom stereocenters. The monoisotopic (exact) mass is 500 g/mol. The van der Waals surface area contributed by atoms with E-state index in [2.05, 4.69) is 16.5 Å². The number of carbonyl (C=O) groups excluding carboxylic acids is 1. The van der Waals surface area contributed by atoms with Crippen molar-refractivity contribution in [2.24, 2.45) is 0 Å². The lowest BCUT2D eigenvalue weighted by Crippen LogP contribution is -2.45. The van der Waals surface area contributed by atoms with Gasteiger partial charge in [-0.1, -0.05) is 12.1 Å². The molecule has 0 saturated heterocycles. The van der Waals surface area contributed by atoms with Crippen LogP contribution in [-0.4, -0.2) is 42.2 Å². The smallest absolute Gasteiger partial charge is 0.341 e. The average Bonchev–Trinajstić information content (AvgIpc) is 3.61. The molecular weight excluding hydrogens is 475 g/mol. The normalized spacial score (nSPS) is 17.0. The molecule has 37 heavy (non-hydrogen) atoms. The van der Waals surface area contributed by atoms with Crippen LogP contribution >= 0.6 is 0 Å². The first-order valence-electron chi connectivity index (χ1n) is 12.0.